The van der Waals surface area contributed by atoms with Crippen molar-refractivity contribution >= 4 is 35.1 Å². The summed E-state index contributed by atoms with van der Waals surface area (Å²) in [6, 6.07) is 8.12. The first kappa shape index (κ1) is 21.4. The number of aryl methyl sites for hydroxylation is 1. The first-order chi connectivity index (χ1) is 14.3. The second-order valence-corrected chi connectivity index (χ2v) is 7.04. The molecule has 2 aromatic carbocycles. The van der Waals surface area contributed by atoms with Gasteiger partial charge in [-0.15, -0.1) is 0 Å². The summed E-state index contributed by atoms with van der Waals surface area (Å²) in [6.07, 6.45) is 5.96. The van der Waals surface area contributed by atoms with E-state index in [4.69, 9.17) is 11.6 Å². The zero-order chi connectivity index (χ0) is 21.8. The van der Waals surface area contributed by atoms with Crippen LogP contribution in [0, 0.1) is 18.6 Å². The highest BCUT2D eigenvalue weighted by atomic mass is 35.5. The van der Waals surface area contributed by atoms with Crippen LogP contribution in [-0.4, -0.2) is 21.2 Å². The van der Waals surface area contributed by atoms with E-state index in [0.717, 1.165) is 11.3 Å². The number of amidine groups is 1. The molecule has 5 nitrogen and oxygen atoms in total. The predicted octanol–water partition coefficient (Wildman–Crippen LogP) is 5.95. The van der Waals surface area contributed by atoms with Crippen molar-refractivity contribution < 1.29 is 13.6 Å². The summed E-state index contributed by atoms with van der Waals surface area (Å²) in [4.78, 5) is 19.8. The molecule has 3 rings (SSSR count). The summed E-state index contributed by atoms with van der Waals surface area (Å²) in [7, 11) is 0. The van der Waals surface area contributed by atoms with Crippen molar-refractivity contribution in [1.29, 1.82) is 0 Å². The smallest absolute Gasteiger partial charge is 0.178 e. The minimum absolute atomic E-state index is 0.0144. The number of nitrogens with zero attached hydrogens (tertiary/aromatic N) is 3. The zero-order valence-corrected chi connectivity index (χ0v) is 17.3. The van der Waals surface area contributed by atoms with Crippen LogP contribution in [0.2, 0.25) is 5.02 Å². The van der Waals surface area contributed by atoms with Crippen molar-refractivity contribution in [1.82, 2.24) is 9.55 Å². The summed E-state index contributed by atoms with van der Waals surface area (Å²) in [6.45, 7) is 5.18. The first-order valence-electron chi connectivity index (χ1n) is 9.03. The molecule has 0 amide bonds. The van der Waals surface area contributed by atoms with E-state index < -0.39 is 11.6 Å². The average molecular weight is 429 g/mol. The fraction of sp³-hybridized carbons (Fsp3) is 0.136. The largest absolute Gasteiger partial charge is 0.344 e. The second-order valence-electron chi connectivity index (χ2n) is 6.63. The van der Waals surface area contributed by atoms with Crippen LogP contribution < -0.4 is 5.32 Å². The third-order valence-electron chi connectivity index (χ3n) is 4.40. The number of benzene rings is 2. The normalized spacial score (nSPS) is 11.9. The van der Waals surface area contributed by atoms with E-state index in [9.17, 15) is 13.6 Å². The van der Waals surface area contributed by atoms with Gasteiger partial charge in [0.05, 0.1) is 23.2 Å². The molecule has 0 unspecified atom stereocenters. The molecule has 0 atom stereocenters. The van der Waals surface area contributed by atoms with Crippen LogP contribution in [0.1, 0.15) is 29.8 Å². The van der Waals surface area contributed by atoms with Gasteiger partial charge >= 0.3 is 0 Å². The highest BCUT2D eigenvalue weighted by molar-refractivity contribution is 6.30. The molecule has 0 aliphatic carbocycles. The summed E-state index contributed by atoms with van der Waals surface area (Å²) in [5, 5.41) is 2.85. The van der Waals surface area contributed by atoms with Crippen LogP contribution in [0.5, 0.6) is 0 Å². The molecule has 0 spiro atoms. The van der Waals surface area contributed by atoms with E-state index in [0.29, 0.717) is 17.1 Å². The Hall–Kier alpha value is -3.32. The van der Waals surface area contributed by atoms with Gasteiger partial charge in [0.2, 0.25) is 0 Å². The molecule has 0 aliphatic rings. The highest BCUT2D eigenvalue weighted by Gasteiger charge is 2.16. The molecule has 8 heteroatoms. The van der Waals surface area contributed by atoms with Crippen LogP contribution in [0.3, 0.4) is 0 Å². The molecule has 0 bridgehead atoms. The minimum atomic E-state index is -1.10. The van der Waals surface area contributed by atoms with Crippen LogP contribution in [-0.2, 0) is 0 Å². The molecule has 30 heavy (non-hydrogen) atoms. The average Bonchev–Trinajstić information content (AvgIpc) is 3.14. The number of halogens is 3. The quantitative estimate of drug-likeness (QED) is 0.236. The molecule has 1 aromatic heterocycles. The number of aromatic nitrogens is 2. The van der Waals surface area contributed by atoms with E-state index in [-0.39, 0.29) is 16.4 Å². The number of Topliss-reactive ketones (excluding diaryl/α,β-unsaturated/α-hetero) is 1. The van der Waals surface area contributed by atoms with Crippen molar-refractivity contribution in [2.75, 3.05) is 5.32 Å². The fourth-order valence-corrected chi connectivity index (χ4v) is 3.10. The molecule has 3 aromatic rings. The van der Waals surface area contributed by atoms with E-state index >= 15 is 0 Å². The number of carbonyl (C=O) groups excluding carboxylic acids is 1. The molecule has 0 fully saturated rings. The van der Waals surface area contributed by atoms with Crippen LogP contribution in [0.4, 0.5) is 14.5 Å². The van der Waals surface area contributed by atoms with Crippen molar-refractivity contribution in [3.63, 3.8) is 0 Å². The Labute approximate surface area is 177 Å². The topological polar surface area (TPSA) is 59.3 Å². The number of rotatable bonds is 5. The van der Waals surface area contributed by atoms with Crippen molar-refractivity contribution in [3.05, 3.63) is 76.8 Å². The maximum atomic E-state index is 14.2. The Morgan fingerprint density at radius 2 is 1.97 bits per heavy atom. The van der Waals surface area contributed by atoms with Gasteiger partial charge in [-0.05, 0) is 56.7 Å². The molecule has 1 heterocycles. The maximum Gasteiger partial charge on any atom is 0.178 e. The number of anilines is 1. The SMILES string of the molecule is CC(=O)c1ccc(NC(C)=N/C=C\n2cncc2-c2ccc(Cl)c(F)c2F)cc1C. The van der Waals surface area contributed by atoms with Gasteiger partial charge in [0.15, 0.2) is 17.4 Å². The molecular formula is C22H19ClF2N4O. The minimum Gasteiger partial charge on any atom is -0.344 e. The van der Waals surface area contributed by atoms with Gasteiger partial charge in [0.1, 0.15) is 5.84 Å². The predicted molar refractivity (Wildman–Crippen MR) is 116 cm³/mol. The Morgan fingerprint density at radius 3 is 2.67 bits per heavy atom. The Balaban J connectivity index is 1.77. The fourth-order valence-electron chi connectivity index (χ4n) is 2.95. The number of nitrogens with one attached hydrogen (secondary N) is 1. The van der Waals surface area contributed by atoms with E-state index in [2.05, 4.69) is 15.3 Å². The van der Waals surface area contributed by atoms with Gasteiger partial charge in [0.25, 0.3) is 0 Å². The Bertz CT molecular complexity index is 1170. The molecular weight excluding hydrogens is 410 g/mol. The number of aliphatic imine (C=N–C) groups is 1. The van der Waals surface area contributed by atoms with Gasteiger partial charge in [-0.25, -0.2) is 18.8 Å². The highest BCUT2D eigenvalue weighted by Crippen LogP contribution is 2.28. The summed E-state index contributed by atoms with van der Waals surface area (Å²) in [5.41, 5.74) is 2.74. The molecule has 0 aliphatic heterocycles. The standard InChI is InChI=1S/C22H19ClF2N4O/c1-13-10-16(4-5-17(13)14(2)30)28-15(3)27-8-9-29-12-26-11-20(29)18-6-7-19(23)22(25)21(18)24/h4-12H,1-3H3,(H,27,28)/b9-8-. The second kappa shape index (κ2) is 9.00. The Kier molecular flexibility index (Phi) is 6.42. The Morgan fingerprint density at radius 1 is 1.20 bits per heavy atom. The molecule has 0 saturated carbocycles. The van der Waals surface area contributed by atoms with Crippen molar-refractivity contribution in [2.45, 2.75) is 20.8 Å². The van der Waals surface area contributed by atoms with Gasteiger partial charge in [0, 0.05) is 29.2 Å². The van der Waals surface area contributed by atoms with Gasteiger partial charge < -0.3 is 9.88 Å². The summed E-state index contributed by atoms with van der Waals surface area (Å²) < 4.78 is 29.5. The summed E-state index contributed by atoms with van der Waals surface area (Å²) >= 11 is 5.61. The first-order valence-corrected chi connectivity index (χ1v) is 9.41. The number of hydrogen-bond acceptors (Lipinski definition) is 3. The van der Waals surface area contributed by atoms with Crippen LogP contribution >= 0.6 is 11.6 Å². The molecule has 154 valence electrons. The van der Waals surface area contributed by atoms with Gasteiger partial charge in [-0.1, -0.05) is 11.6 Å². The third-order valence-corrected chi connectivity index (χ3v) is 4.70. The van der Waals surface area contributed by atoms with Crippen molar-refractivity contribution in [2.24, 2.45) is 4.99 Å². The van der Waals surface area contributed by atoms with Crippen LogP contribution in [0.25, 0.3) is 17.5 Å². The lowest BCUT2D eigenvalue weighted by atomic mass is 10.0. The molecule has 0 radical (unpaired) electrons. The number of imidazole rings is 1. The number of hydrogen-bond donors (Lipinski definition) is 1. The third kappa shape index (κ3) is 4.63. The zero-order valence-electron chi connectivity index (χ0n) is 16.6. The van der Waals surface area contributed by atoms with Gasteiger partial charge in [-0.3, -0.25) is 4.79 Å². The van der Waals surface area contributed by atoms with E-state index in [1.165, 1.54) is 42.3 Å². The lowest BCUT2D eigenvalue weighted by molar-refractivity contribution is 0.101. The summed E-state index contributed by atoms with van der Waals surface area (Å²) in [5.74, 6) is -1.52. The monoisotopic (exact) mass is 428 g/mol. The van der Waals surface area contributed by atoms with Crippen LogP contribution in [0.15, 0.2) is 54.0 Å². The number of ketones is 1. The number of carbonyl (C=O) groups is 1. The van der Waals surface area contributed by atoms with E-state index in [1.54, 1.807) is 25.3 Å². The molecule has 0 saturated heterocycles. The van der Waals surface area contributed by atoms with E-state index in [1.807, 2.05) is 13.0 Å². The van der Waals surface area contributed by atoms with Gasteiger partial charge in [-0.2, -0.15) is 0 Å². The lowest BCUT2D eigenvalue weighted by Gasteiger charge is -2.08. The lowest BCUT2D eigenvalue weighted by Crippen LogP contribution is -2.07. The molecule has 1 N–H and O–H groups in total. The van der Waals surface area contributed by atoms with Crippen molar-refractivity contribution in [3.8, 4) is 11.3 Å². The maximum absolute atomic E-state index is 14.2.